The number of nitrogens with one attached hydrogen (secondary N) is 1. The van der Waals surface area contributed by atoms with Gasteiger partial charge in [-0.2, -0.15) is 0 Å². The molecule has 4 heteroatoms. The lowest BCUT2D eigenvalue weighted by Gasteiger charge is -2.27. The van der Waals surface area contributed by atoms with Crippen LogP contribution in [0.3, 0.4) is 0 Å². The lowest BCUT2D eigenvalue weighted by atomic mass is 10.0. The van der Waals surface area contributed by atoms with Crippen molar-refractivity contribution < 1.29 is 9.90 Å². The molecule has 4 nitrogen and oxygen atoms in total. The normalized spacial score (nSPS) is 16.9. The van der Waals surface area contributed by atoms with E-state index in [1.807, 2.05) is 0 Å². The second-order valence-electron chi connectivity index (χ2n) is 4.34. The van der Waals surface area contributed by atoms with Gasteiger partial charge in [0.15, 0.2) is 0 Å². The summed E-state index contributed by atoms with van der Waals surface area (Å²) in [6.45, 7) is 5.09. The Bertz CT molecular complexity index is 387. The van der Waals surface area contributed by atoms with Crippen LogP contribution in [0, 0.1) is 0 Å². The lowest BCUT2D eigenvalue weighted by molar-refractivity contribution is 0.112. The van der Waals surface area contributed by atoms with Gasteiger partial charge in [-0.3, -0.25) is 4.79 Å². The van der Waals surface area contributed by atoms with Crippen LogP contribution in [0.15, 0.2) is 18.2 Å². The Balaban J connectivity index is 1.97. The van der Waals surface area contributed by atoms with Crippen LogP contribution in [0.25, 0.3) is 0 Å². The molecule has 0 aromatic heterocycles. The van der Waals surface area contributed by atoms with Crippen molar-refractivity contribution in [1.29, 1.82) is 0 Å². The zero-order valence-corrected chi connectivity index (χ0v) is 9.85. The number of aldehydes is 1. The third kappa shape index (κ3) is 3.28. The summed E-state index contributed by atoms with van der Waals surface area (Å²) >= 11 is 0. The van der Waals surface area contributed by atoms with E-state index < -0.39 is 0 Å². The Morgan fingerprint density at radius 2 is 2.12 bits per heavy atom. The Hall–Kier alpha value is -1.39. The Kier molecular flexibility index (Phi) is 4.12. The van der Waals surface area contributed by atoms with Gasteiger partial charge in [0.25, 0.3) is 0 Å². The highest BCUT2D eigenvalue weighted by molar-refractivity contribution is 5.77. The summed E-state index contributed by atoms with van der Waals surface area (Å²) in [5.41, 5.74) is 1.61. The van der Waals surface area contributed by atoms with Crippen LogP contribution in [0.4, 0.5) is 0 Å². The van der Waals surface area contributed by atoms with Crippen LogP contribution >= 0.6 is 0 Å². The van der Waals surface area contributed by atoms with E-state index in [-0.39, 0.29) is 5.75 Å². The van der Waals surface area contributed by atoms with Crippen LogP contribution < -0.4 is 5.32 Å². The molecule has 0 saturated carbocycles. The molecular weight excluding hydrogens is 216 g/mol. The molecule has 17 heavy (non-hydrogen) atoms. The van der Waals surface area contributed by atoms with Crippen LogP contribution in [0.5, 0.6) is 5.75 Å². The van der Waals surface area contributed by atoms with Gasteiger partial charge in [-0.1, -0.05) is 0 Å². The molecule has 2 rings (SSSR count). The van der Waals surface area contributed by atoms with Crippen molar-refractivity contribution in [2.75, 3.05) is 32.7 Å². The molecule has 1 heterocycles. The van der Waals surface area contributed by atoms with Crippen molar-refractivity contribution in [3.63, 3.8) is 0 Å². The van der Waals surface area contributed by atoms with E-state index in [9.17, 15) is 9.90 Å². The summed E-state index contributed by atoms with van der Waals surface area (Å²) in [6, 6.07) is 4.92. The van der Waals surface area contributed by atoms with Crippen LogP contribution in [-0.4, -0.2) is 49.0 Å². The number of hydrogen-bond acceptors (Lipinski definition) is 4. The van der Waals surface area contributed by atoms with Gasteiger partial charge in [0, 0.05) is 38.3 Å². The van der Waals surface area contributed by atoms with Crippen molar-refractivity contribution in [2.24, 2.45) is 0 Å². The predicted octanol–water partition coefficient (Wildman–Crippen LogP) is 0.652. The molecule has 0 spiro atoms. The van der Waals surface area contributed by atoms with Gasteiger partial charge in [0.1, 0.15) is 12.0 Å². The fraction of sp³-hybridized carbons (Fsp3) is 0.462. The number of phenols is 1. The molecular formula is C13H18N2O2. The van der Waals surface area contributed by atoms with Gasteiger partial charge in [-0.05, 0) is 30.2 Å². The number of phenolic OH excluding ortho intramolecular Hbond substituents is 1. The van der Waals surface area contributed by atoms with Gasteiger partial charge in [-0.15, -0.1) is 0 Å². The van der Waals surface area contributed by atoms with E-state index in [4.69, 9.17) is 0 Å². The fourth-order valence-electron chi connectivity index (χ4n) is 2.14. The number of aromatic hydroxyl groups is 1. The Morgan fingerprint density at radius 1 is 1.35 bits per heavy atom. The maximum Gasteiger partial charge on any atom is 0.150 e. The van der Waals surface area contributed by atoms with Crippen molar-refractivity contribution in [3.05, 3.63) is 29.3 Å². The summed E-state index contributed by atoms with van der Waals surface area (Å²) in [7, 11) is 0. The molecule has 0 radical (unpaired) electrons. The predicted molar refractivity (Wildman–Crippen MR) is 66.5 cm³/mol. The van der Waals surface area contributed by atoms with E-state index >= 15 is 0 Å². The van der Waals surface area contributed by atoms with Crippen LogP contribution in [0.2, 0.25) is 0 Å². The lowest BCUT2D eigenvalue weighted by Crippen LogP contribution is -2.44. The molecule has 1 fully saturated rings. The average molecular weight is 234 g/mol. The molecule has 0 amide bonds. The monoisotopic (exact) mass is 234 g/mol. The van der Waals surface area contributed by atoms with Gasteiger partial charge in [0.2, 0.25) is 0 Å². The Labute approximate surface area is 101 Å². The van der Waals surface area contributed by atoms with Crippen LogP contribution in [-0.2, 0) is 6.42 Å². The largest absolute Gasteiger partial charge is 0.508 e. The van der Waals surface area contributed by atoms with Crippen molar-refractivity contribution in [3.8, 4) is 5.75 Å². The maximum atomic E-state index is 10.9. The van der Waals surface area contributed by atoms with E-state index in [0.717, 1.165) is 51.0 Å². The fourth-order valence-corrected chi connectivity index (χ4v) is 2.14. The third-order valence-corrected chi connectivity index (χ3v) is 3.16. The molecule has 1 saturated heterocycles. The first-order chi connectivity index (χ1) is 8.29. The molecule has 1 aliphatic rings. The summed E-state index contributed by atoms with van der Waals surface area (Å²) in [5, 5.41) is 12.7. The molecule has 2 N–H and O–H groups in total. The molecule has 1 aromatic rings. The van der Waals surface area contributed by atoms with Gasteiger partial charge < -0.3 is 15.3 Å². The molecule has 0 unspecified atom stereocenters. The zero-order chi connectivity index (χ0) is 12.1. The quantitative estimate of drug-likeness (QED) is 0.751. The highest BCUT2D eigenvalue weighted by Crippen LogP contribution is 2.16. The highest BCUT2D eigenvalue weighted by atomic mass is 16.3. The Morgan fingerprint density at radius 3 is 2.82 bits per heavy atom. The summed E-state index contributed by atoms with van der Waals surface area (Å²) in [5.74, 6) is 0.228. The molecule has 0 bridgehead atoms. The number of piperazine rings is 1. The number of carbonyl (C=O) groups excluding carboxylic acids is 1. The van der Waals surface area contributed by atoms with Crippen molar-refractivity contribution >= 4 is 6.29 Å². The van der Waals surface area contributed by atoms with E-state index in [1.54, 1.807) is 18.2 Å². The minimum absolute atomic E-state index is 0.228. The molecule has 0 atom stereocenters. The average Bonchev–Trinajstić information content (AvgIpc) is 2.38. The highest BCUT2D eigenvalue weighted by Gasteiger charge is 2.10. The second kappa shape index (κ2) is 5.80. The maximum absolute atomic E-state index is 10.9. The number of benzene rings is 1. The SMILES string of the molecule is O=Cc1ccc(O)cc1CCN1CCNCC1. The number of nitrogens with zero attached hydrogens (tertiary/aromatic N) is 1. The van der Waals surface area contributed by atoms with Gasteiger partial charge in [0.05, 0.1) is 0 Å². The summed E-state index contributed by atoms with van der Waals surface area (Å²) in [6.07, 6.45) is 1.66. The second-order valence-corrected chi connectivity index (χ2v) is 4.34. The summed E-state index contributed by atoms with van der Waals surface area (Å²) in [4.78, 5) is 13.3. The molecule has 1 aromatic carbocycles. The standard InChI is InChI=1S/C13H18N2O2/c16-10-12-1-2-13(17)9-11(12)3-6-15-7-4-14-5-8-15/h1-2,9-10,14,17H,3-8H2. The number of rotatable bonds is 4. The van der Waals surface area contributed by atoms with Crippen LogP contribution in [0.1, 0.15) is 15.9 Å². The van der Waals surface area contributed by atoms with E-state index in [2.05, 4.69) is 10.2 Å². The third-order valence-electron chi connectivity index (χ3n) is 3.16. The molecule has 0 aliphatic carbocycles. The minimum Gasteiger partial charge on any atom is -0.508 e. The van der Waals surface area contributed by atoms with Crippen molar-refractivity contribution in [1.82, 2.24) is 10.2 Å². The zero-order valence-electron chi connectivity index (χ0n) is 9.85. The molecule has 1 aliphatic heterocycles. The minimum atomic E-state index is 0.228. The molecule has 92 valence electrons. The number of carbonyl (C=O) groups is 1. The number of hydrogen-bond donors (Lipinski definition) is 2. The van der Waals surface area contributed by atoms with Crippen molar-refractivity contribution in [2.45, 2.75) is 6.42 Å². The van der Waals surface area contributed by atoms with Gasteiger partial charge in [-0.25, -0.2) is 0 Å². The first kappa shape index (κ1) is 12.1. The summed E-state index contributed by atoms with van der Waals surface area (Å²) < 4.78 is 0. The first-order valence-electron chi connectivity index (χ1n) is 6.00. The topological polar surface area (TPSA) is 52.6 Å². The van der Waals surface area contributed by atoms with E-state index in [0.29, 0.717) is 5.56 Å². The van der Waals surface area contributed by atoms with Gasteiger partial charge >= 0.3 is 0 Å². The smallest absolute Gasteiger partial charge is 0.150 e. The first-order valence-corrected chi connectivity index (χ1v) is 6.00. The van der Waals surface area contributed by atoms with E-state index in [1.165, 1.54) is 0 Å².